The van der Waals surface area contributed by atoms with Crippen LogP contribution in [-0.4, -0.2) is 39.3 Å². The van der Waals surface area contributed by atoms with E-state index in [1.165, 1.54) is 5.48 Å². The highest BCUT2D eigenvalue weighted by atomic mass is 16.5. The number of carboxylic acid groups (broad SMARTS) is 1. The molecule has 0 aliphatic rings. The lowest BCUT2D eigenvalue weighted by atomic mass is 9.90. The molecule has 0 aromatic heterocycles. The van der Waals surface area contributed by atoms with E-state index in [1.807, 2.05) is 0 Å². The summed E-state index contributed by atoms with van der Waals surface area (Å²) in [6.07, 6.45) is -1.65. The summed E-state index contributed by atoms with van der Waals surface area (Å²) in [6.45, 7) is 3.57. The number of carboxylic acids is 1. The van der Waals surface area contributed by atoms with Gasteiger partial charge in [-0.05, 0) is 17.9 Å². The Labute approximate surface area is 139 Å². The maximum Gasteiger partial charge on any atom is 0.330 e. The summed E-state index contributed by atoms with van der Waals surface area (Å²) in [5.74, 6) is -4.40. The van der Waals surface area contributed by atoms with Crippen LogP contribution in [0.2, 0.25) is 0 Å². The summed E-state index contributed by atoms with van der Waals surface area (Å²) >= 11 is 0. The standard InChI is InChI=1S/C16H22N2O6/c1-9(2)8-11(13(19)15(21)18-24)14(20)17-12(16(22)23)10-6-4-3-5-7-10/h3-7,9,11-13,19,24H,8H2,1-2H3,(H,17,20)(H,18,21)(H,22,23). The van der Waals surface area contributed by atoms with Crippen molar-refractivity contribution in [2.45, 2.75) is 32.4 Å². The molecule has 0 spiro atoms. The molecule has 0 fully saturated rings. The zero-order chi connectivity index (χ0) is 18.3. The quantitative estimate of drug-likeness (QED) is 0.345. The van der Waals surface area contributed by atoms with Gasteiger partial charge in [-0.25, -0.2) is 10.3 Å². The van der Waals surface area contributed by atoms with Gasteiger partial charge >= 0.3 is 5.97 Å². The van der Waals surface area contributed by atoms with Gasteiger partial charge < -0.3 is 15.5 Å². The second-order valence-electron chi connectivity index (χ2n) is 5.85. The molecule has 8 heteroatoms. The highest BCUT2D eigenvalue weighted by Crippen LogP contribution is 2.19. The Bertz CT molecular complexity index is 575. The van der Waals surface area contributed by atoms with Crippen LogP contribution in [0.15, 0.2) is 30.3 Å². The summed E-state index contributed by atoms with van der Waals surface area (Å²) in [7, 11) is 0. The lowest BCUT2D eigenvalue weighted by Crippen LogP contribution is -2.47. The van der Waals surface area contributed by atoms with E-state index in [4.69, 9.17) is 5.21 Å². The number of carbonyl (C=O) groups is 3. The molecule has 0 radical (unpaired) electrons. The van der Waals surface area contributed by atoms with Crippen molar-refractivity contribution >= 4 is 17.8 Å². The zero-order valence-electron chi connectivity index (χ0n) is 13.5. The summed E-state index contributed by atoms with van der Waals surface area (Å²) in [4.78, 5) is 35.3. The molecule has 0 bridgehead atoms. The second kappa shape index (κ2) is 8.99. The van der Waals surface area contributed by atoms with E-state index in [-0.39, 0.29) is 12.3 Å². The summed E-state index contributed by atoms with van der Waals surface area (Å²) < 4.78 is 0. The molecule has 3 unspecified atom stereocenters. The van der Waals surface area contributed by atoms with E-state index in [0.29, 0.717) is 5.56 Å². The lowest BCUT2D eigenvalue weighted by molar-refractivity contribution is -0.148. The van der Waals surface area contributed by atoms with E-state index in [2.05, 4.69) is 5.32 Å². The smallest absolute Gasteiger partial charge is 0.330 e. The first-order chi connectivity index (χ1) is 11.3. The Morgan fingerprint density at radius 1 is 1.08 bits per heavy atom. The van der Waals surface area contributed by atoms with Gasteiger partial charge in [-0.2, -0.15) is 0 Å². The molecule has 0 saturated heterocycles. The van der Waals surface area contributed by atoms with Crippen molar-refractivity contribution < 1.29 is 29.8 Å². The summed E-state index contributed by atoms with van der Waals surface area (Å²) in [5, 5.41) is 30.2. The molecule has 0 saturated carbocycles. The normalized spacial score (nSPS) is 14.5. The van der Waals surface area contributed by atoms with Crippen molar-refractivity contribution in [2.75, 3.05) is 0 Å². The first kappa shape index (κ1) is 19.6. The van der Waals surface area contributed by atoms with E-state index in [9.17, 15) is 24.6 Å². The zero-order valence-corrected chi connectivity index (χ0v) is 13.5. The molecule has 2 amide bonds. The Morgan fingerprint density at radius 3 is 2.12 bits per heavy atom. The minimum Gasteiger partial charge on any atom is -0.479 e. The molecule has 0 aliphatic carbocycles. The highest BCUT2D eigenvalue weighted by molar-refractivity contribution is 5.91. The molecule has 8 nitrogen and oxygen atoms in total. The molecule has 1 aromatic carbocycles. The Kier molecular flexibility index (Phi) is 7.34. The number of hydrogen-bond acceptors (Lipinski definition) is 5. The van der Waals surface area contributed by atoms with Gasteiger partial charge in [-0.1, -0.05) is 44.2 Å². The minimum atomic E-state index is -1.79. The first-order valence-electron chi connectivity index (χ1n) is 7.48. The molecule has 0 aliphatic heterocycles. The molecule has 24 heavy (non-hydrogen) atoms. The van der Waals surface area contributed by atoms with Crippen molar-refractivity contribution in [3.05, 3.63) is 35.9 Å². The van der Waals surface area contributed by atoms with Crippen LogP contribution >= 0.6 is 0 Å². The summed E-state index contributed by atoms with van der Waals surface area (Å²) in [5.41, 5.74) is 1.66. The van der Waals surface area contributed by atoms with Gasteiger partial charge in [0, 0.05) is 0 Å². The number of benzene rings is 1. The Hall–Kier alpha value is -2.45. The molecule has 3 atom stereocenters. The fourth-order valence-corrected chi connectivity index (χ4v) is 2.32. The number of amides is 2. The molecule has 1 rings (SSSR count). The average molecular weight is 338 g/mol. The van der Waals surface area contributed by atoms with E-state index in [1.54, 1.807) is 44.2 Å². The number of nitrogens with one attached hydrogen (secondary N) is 2. The maximum atomic E-state index is 12.4. The summed E-state index contributed by atoms with van der Waals surface area (Å²) in [6, 6.07) is 6.77. The highest BCUT2D eigenvalue weighted by Gasteiger charge is 2.35. The Balaban J connectivity index is 3.00. The predicted octanol–water partition coefficient (Wildman–Crippen LogP) is 0.457. The van der Waals surface area contributed by atoms with Crippen LogP contribution in [0.25, 0.3) is 0 Å². The first-order valence-corrected chi connectivity index (χ1v) is 7.48. The van der Waals surface area contributed by atoms with Crippen LogP contribution in [0.1, 0.15) is 31.9 Å². The minimum absolute atomic E-state index is 0.0399. The molecule has 5 N–H and O–H groups in total. The molecule has 1 aromatic rings. The van der Waals surface area contributed by atoms with Crippen LogP contribution in [0, 0.1) is 11.8 Å². The second-order valence-corrected chi connectivity index (χ2v) is 5.85. The van der Waals surface area contributed by atoms with E-state index >= 15 is 0 Å². The predicted molar refractivity (Wildman–Crippen MR) is 83.8 cm³/mol. The van der Waals surface area contributed by atoms with Crippen LogP contribution in [-0.2, 0) is 14.4 Å². The number of carbonyl (C=O) groups excluding carboxylic acids is 2. The van der Waals surface area contributed by atoms with Gasteiger partial charge in [0.05, 0.1) is 5.92 Å². The average Bonchev–Trinajstić information content (AvgIpc) is 2.56. The molecular formula is C16H22N2O6. The maximum absolute atomic E-state index is 12.4. The molecule has 0 heterocycles. The largest absolute Gasteiger partial charge is 0.479 e. The van der Waals surface area contributed by atoms with E-state index < -0.39 is 35.8 Å². The third-order valence-electron chi connectivity index (χ3n) is 3.49. The van der Waals surface area contributed by atoms with Crippen LogP contribution in [0.3, 0.4) is 0 Å². The fourth-order valence-electron chi connectivity index (χ4n) is 2.32. The SMILES string of the molecule is CC(C)CC(C(=O)NC(C(=O)O)c1ccccc1)C(O)C(=O)NO. The number of aliphatic carboxylic acids is 1. The number of hydrogen-bond donors (Lipinski definition) is 5. The topological polar surface area (TPSA) is 136 Å². The van der Waals surface area contributed by atoms with Crippen molar-refractivity contribution in [3.63, 3.8) is 0 Å². The van der Waals surface area contributed by atoms with E-state index in [0.717, 1.165) is 0 Å². The van der Waals surface area contributed by atoms with Crippen molar-refractivity contribution in [2.24, 2.45) is 11.8 Å². The molecular weight excluding hydrogens is 316 g/mol. The number of aliphatic hydroxyl groups is 1. The third kappa shape index (κ3) is 5.32. The van der Waals surface area contributed by atoms with Crippen LogP contribution in [0.4, 0.5) is 0 Å². The van der Waals surface area contributed by atoms with Gasteiger partial charge in [0.25, 0.3) is 5.91 Å². The van der Waals surface area contributed by atoms with Crippen molar-refractivity contribution in [3.8, 4) is 0 Å². The number of hydroxylamine groups is 1. The number of rotatable bonds is 8. The van der Waals surface area contributed by atoms with Gasteiger partial charge in [0.15, 0.2) is 6.04 Å². The lowest BCUT2D eigenvalue weighted by Gasteiger charge is -2.24. The van der Waals surface area contributed by atoms with Crippen LogP contribution < -0.4 is 10.8 Å². The fraction of sp³-hybridized carbons (Fsp3) is 0.438. The van der Waals surface area contributed by atoms with Gasteiger partial charge in [-0.3, -0.25) is 14.8 Å². The van der Waals surface area contributed by atoms with Gasteiger partial charge in [0.2, 0.25) is 5.91 Å². The third-order valence-corrected chi connectivity index (χ3v) is 3.49. The molecule has 132 valence electrons. The van der Waals surface area contributed by atoms with Crippen molar-refractivity contribution in [1.82, 2.24) is 10.8 Å². The monoisotopic (exact) mass is 338 g/mol. The van der Waals surface area contributed by atoms with Gasteiger partial charge in [-0.15, -0.1) is 0 Å². The van der Waals surface area contributed by atoms with Crippen LogP contribution in [0.5, 0.6) is 0 Å². The Morgan fingerprint density at radius 2 is 1.67 bits per heavy atom. The van der Waals surface area contributed by atoms with Crippen molar-refractivity contribution in [1.29, 1.82) is 0 Å². The van der Waals surface area contributed by atoms with Gasteiger partial charge in [0.1, 0.15) is 6.10 Å². The number of aliphatic hydroxyl groups excluding tert-OH is 1.